The highest BCUT2D eigenvalue weighted by Gasteiger charge is 1.97. The van der Waals surface area contributed by atoms with Crippen LogP contribution in [0.1, 0.15) is 77.2 Å². The average molecular weight is 306 g/mol. The van der Waals surface area contributed by atoms with Gasteiger partial charge in [0.1, 0.15) is 5.75 Å². The predicted molar refractivity (Wildman–Crippen MR) is 96.5 cm³/mol. The Kier molecular flexibility index (Phi) is 11.8. The fraction of sp³-hybridized carbons (Fsp3) is 0.700. The largest absolute Gasteiger partial charge is 0.494 e. The summed E-state index contributed by atoms with van der Waals surface area (Å²) in [5, 5.41) is 3.54. The minimum absolute atomic E-state index is 0.836. The minimum atomic E-state index is 0.836. The zero-order chi connectivity index (χ0) is 15.9. The molecule has 2 heteroatoms. The standard InChI is InChI=1S/C20H35NO/c1-3-5-7-8-9-10-15-21-18-19-13-12-14-20(17-19)22-16-11-6-4-2/h12-14,17,21H,3-11,15-16,18H2,1-2H3. The van der Waals surface area contributed by atoms with Gasteiger partial charge in [0.25, 0.3) is 0 Å². The summed E-state index contributed by atoms with van der Waals surface area (Å²) in [7, 11) is 0. The normalized spacial score (nSPS) is 10.8. The third kappa shape index (κ3) is 9.83. The summed E-state index contributed by atoms with van der Waals surface area (Å²) in [4.78, 5) is 0. The van der Waals surface area contributed by atoms with E-state index in [1.165, 1.54) is 56.9 Å². The predicted octanol–water partition coefficient (Wildman–Crippen LogP) is 5.71. The fourth-order valence-corrected chi connectivity index (χ4v) is 2.55. The van der Waals surface area contributed by atoms with E-state index in [0.717, 1.165) is 31.9 Å². The first-order valence-electron chi connectivity index (χ1n) is 9.29. The third-order valence-electron chi connectivity index (χ3n) is 3.95. The Bertz CT molecular complexity index is 364. The zero-order valence-electron chi connectivity index (χ0n) is 14.7. The summed E-state index contributed by atoms with van der Waals surface area (Å²) in [6.07, 6.45) is 11.8. The smallest absolute Gasteiger partial charge is 0.119 e. The molecule has 0 aliphatic heterocycles. The minimum Gasteiger partial charge on any atom is -0.494 e. The van der Waals surface area contributed by atoms with Crippen molar-refractivity contribution in [1.82, 2.24) is 5.32 Å². The van der Waals surface area contributed by atoms with Crippen molar-refractivity contribution in [2.45, 2.75) is 78.2 Å². The molecule has 0 radical (unpaired) electrons. The van der Waals surface area contributed by atoms with E-state index in [2.05, 4.69) is 43.4 Å². The van der Waals surface area contributed by atoms with Crippen LogP contribution in [0.3, 0.4) is 0 Å². The summed E-state index contributed by atoms with van der Waals surface area (Å²) in [6, 6.07) is 8.49. The second-order valence-electron chi connectivity index (χ2n) is 6.15. The van der Waals surface area contributed by atoms with E-state index in [1.54, 1.807) is 0 Å². The Morgan fingerprint density at radius 1 is 0.864 bits per heavy atom. The number of benzene rings is 1. The van der Waals surface area contributed by atoms with Gasteiger partial charge in [-0.3, -0.25) is 0 Å². The van der Waals surface area contributed by atoms with Crippen molar-refractivity contribution in [3.63, 3.8) is 0 Å². The molecular weight excluding hydrogens is 270 g/mol. The van der Waals surface area contributed by atoms with Gasteiger partial charge in [-0.25, -0.2) is 0 Å². The number of rotatable bonds is 14. The molecule has 2 nitrogen and oxygen atoms in total. The first-order chi connectivity index (χ1) is 10.9. The lowest BCUT2D eigenvalue weighted by molar-refractivity contribution is 0.306. The van der Waals surface area contributed by atoms with Crippen LogP contribution in [-0.4, -0.2) is 13.2 Å². The second kappa shape index (κ2) is 13.6. The maximum Gasteiger partial charge on any atom is 0.119 e. The van der Waals surface area contributed by atoms with Gasteiger partial charge in [0.15, 0.2) is 0 Å². The van der Waals surface area contributed by atoms with Gasteiger partial charge in [-0.05, 0) is 37.1 Å². The van der Waals surface area contributed by atoms with E-state index in [1.807, 2.05) is 0 Å². The molecule has 0 heterocycles. The van der Waals surface area contributed by atoms with Crippen LogP contribution in [0.25, 0.3) is 0 Å². The fourth-order valence-electron chi connectivity index (χ4n) is 2.55. The molecule has 126 valence electrons. The van der Waals surface area contributed by atoms with Crippen LogP contribution in [0.4, 0.5) is 0 Å². The molecule has 1 aromatic carbocycles. The lowest BCUT2D eigenvalue weighted by Crippen LogP contribution is -2.14. The average Bonchev–Trinajstić information content (AvgIpc) is 2.54. The molecule has 0 fully saturated rings. The van der Waals surface area contributed by atoms with Gasteiger partial charge in [0.2, 0.25) is 0 Å². The van der Waals surface area contributed by atoms with E-state index in [9.17, 15) is 0 Å². The maximum absolute atomic E-state index is 5.80. The molecule has 0 saturated heterocycles. The molecule has 22 heavy (non-hydrogen) atoms. The molecule has 1 rings (SSSR count). The van der Waals surface area contributed by atoms with Crippen LogP contribution in [0, 0.1) is 0 Å². The van der Waals surface area contributed by atoms with Gasteiger partial charge in [-0.15, -0.1) is 0 Å². The van der Waals surface area contributed by atoms with Gasteiger partial charge in [0, 0.05) is 6.54 Å². The second-order valence-corrected chi connectivity index (χ2v) is 6.15. The molecule has 0 bridgehead atoms. The van der Waals surface area contributed by atoms with Crippen LogP contribution in [0.2, 0.25) is 0 Å². The van der Waals surface area contributed by atoms with Crippen LogP contribution in [0.5, 0.6) is 5.75 Å². The van der Waals surface area contributed by atoms with Crippen LogP contribution in [0.15, 0.2) is 24.3 Å². The molecule has 0 amide bonds. The van der Waals surface area contributed by atoms with E-state index in [4.69, 9.17) is 4.74 Å². The highest BCUT2D eigenvalue weighted by Crippen LogP contribution is 2.14. The quantitative estimate of drug-likeness (QED) is 0.445. The first kappa shape index (κ1) is 19.0. The number of hydrogen-bond donors (Lipinski definition) is 1. The van der Waals surface area contributed by atoms with Crippen molar-refractivity contribution in [3.05, 3.63) is 29.8 Å². The maximum atomic E-state index is 5.80. The van der Waals surface area contributed by atoms with Gasteiger partial charge in [-0.1, -0.05) is 70.9 Å². The van der Waals surface area contributed by atoms with Crippen molar-refractivity contribution in [3.8, 4) is 5.75 Å². The van der Waals surface area contributed by atoms with Crippen molar-refractivity contribution in [2.75, 3.05) is 13.2 Å². The van der Waals surface area contributed by atoms with Gasteiger partial charge < -0.3 is 10.1 Å². The summed E-state index contributed by atoms with van der Waals surface area (Å²) < 4.78 is 5.80. The summed E-state index contributed by atoms with van der Waals surface area (Å²) in [5.41, 5.74) is 1.32. The topological polar surface area (TPSA) is 21.3 Å². The number of unbranched alkanes of at least 4 members (excludes halogenated alkanes) is 7. The zero-order valence-corrected chi connectivity index (χ0v) is 14.7. The lowest BCUT2D eigenvalue weighted by Gasteiger charge is -2.09. The van der Waals surface area contributed by atoms with Crippen LogP contribution < -0.4 is 10.1 Å². The van der Waals surface area contributed by atoms with Crippen molar-refractivity contribution in [2.24, 2.45) is 0 Å². The lowest BCUT2D eigenvalue weighted by atomic mass is 10.1. The molecule has 0 spiro atoms. The Labute approximate surface area is 137 Å². The number of nitrogens with one attached hydrogen (secondary N) is 1. The Morgan fingerprint density at radius 2 is 1.59 bits per heavy atom. The summed E-state index contributed by atoms with van der Waals surface area (Å²) >= 11 is 0. The molecule has 0 atom stereocenters. The molecule has 1 aromatic rings. The highest BCUT2D eigenvalue weighted by atomic mass is 16.5. The molecular formula is C20H35NO. The van der Waals surface area contributed by atoms with Crippen LogP contribution in [-0.2, 0) is 6.54 Å². The highest BCUT2D eigenvalue weighted by molar-refractivity contribution is 5.28. The van der Waals surface area contributed by atoms with Crippen molar-refractivity contribution in [1.29, 1.82) is 0 Å². The van der Waals surface area contributed by atoms with E-state index >= 15 is 0 Å². The number of ether oxygens (including phenoxy) is 1. The number of hydrogen-bond acceptors (Lipinski definition) is 2. The Hall–Kier alpha value is -1.02. The van der Waals surface area contributed by atoms with Crippen LogP contribution >= 0.6 is 0 Å². The Morgan fingerprint density at radius 3 is 2.41 bits per heavy atom. The third-order valence-corrected chi connectivity index (χ3v) is 3.95. The van der Waals surface area contributed by atoms with Gasteiger partial charge in [-0.2, -0.15) is 0 Å². The summed E-state index contributed by atoms with van der Waals surface area (Å²) in [5.74, 6) is 1.01. The van der Waals surface area contributed by atoms with Gasteiger partial charge in [0.05, 0.1) is 6.61 Å². The van der Waals surface area contributed by atoms with Gasteiger partial charge >= 0.3 is 0 Å². The van der Waals surface area contributed by atoms with Crippen molar-refractivity contribution < 1.29 is 4.74 Å². The molecule has 0 aliphatic carbocycles. The monoisotopic (exact) mass is 305 g/mol. The van der Waals surface area contributed by atoms with Crippen molar-refractivity contribution >= 4 is 0 Å². The summed E-state index contributed by atoms with van der Waals surface area (Å²) in [6.45, 7) is 7.39. The molecule has 0 saturated carbocycles. The van der Waals surface area contributed by atoms with E-state index in [0.29, 0.717) is 0 Å². The molecule has 0 aliphatic rings. The molecule has 0 unspecified atom stereocenters. The Balaban J connectivity index is 2.09. The SMILES string of the molecule is CCCCCCCCNCc1cccc(OCCCCC)c1. The first-order valence-corrected chi connectivity index (χ1v) is 9.29. The van der Waals surface area contributed by atoms with E-state index in [-0.39, 0.29) is 0 Å². The van der Waals surface area contributed by atoms with E-state index < -0.39 is 0 Å². The molecule has 0 aromatic heterocycles. The molecule has 1 N–H and O–H groups in total.